The lowest BCUT2D eigenvalue weighted by Crippen LogP contribution is -2.28. The van der Waals surface area contributed by atoms with E-state index in [-0.39, 0.29) is 0 Å². The first-order valence-electron chi connectivity index (χ1n) is 6.47. The van der Waals surface area contributed by atoms with Gasteiger partial charge in [-0.05, 0) is 24.8 Å². The monoisotopic (exact) mass is 255 g/mol. The lowest BCUT2D eigenvalue weighted by Gasteiger charge is -2.17. The van der Waals surface area contributed by atoms with Crippen LogP contribution in [0.1, 0.15) is 25.3 Å². The van der Waals surface area contributed by atoms with Crippen LogP contribution in [0.5, 0.6) is 0 Å². The van der Waals surface area contributed by atoms with Gasteiger partial charge in [-0.25, -0.2) is 8.78 Å². The molecule has 1 heterocycles. The number of benzene rings is 1. The largest absolute Gasteiger partial charge is 0.378 e. The van der Waals surface area contributed by atoms with Crippen LogP contribution in [0, 0.1) is 17.6 Å². The summed E-state index contributed by atoms with van der Waals surface area (Å²) < 4.78 is 31.7. The number of hydrogen-bond donors (Lipinski definition) is 1. The smallest absolute Gasteiger partial charge is 0.130 e. The van der Waals surface area contributed by atoms with Crippen LogP contribution >= 0.6 is 0 Å². The zero-order valence-corrected chi connectivity index (χ0v) is 10.6. The van der Waals surface area contributed by atoms with Crippen molar-refractivity contribution < 1.29 is 13.5 Å². The molecule has 0 bridgehead atoms. The number of rotatable bonds is 5. The Hall–Kier alpha value is -1.00. The van der Waals surface area contributed by atoms with Gasteiger partial charge in [-0.3, -0.25) is 0 Å². The summed E-state index contributed by atoms with van der Waals surface area (Å²) in [6, 6.07) is 3.69. The average molecular weight is 255 g/mol. The molecule has 1 aliphatic heterocycles. The van der Waals surface area contributed by atoms with Gasteiger partial charge in [0.2, 0.25) is 0 Å². The molecule has 2 nitrogen and oxygen atoms in total. The molecule has 1 fully saturated rings. The van der Waals surface area contributed by atoms with Crippen molar-refractivity contribution in [1.29, 1.82) is 0 Å². The maximum absolute atomic E-state index is 13.4. The summed E-state index contributed by atoms with van der Waals surface area (Å²) in [5.74, 6) is -0.526. The summed E-state index contributed by atoms with van der Waals surface area (Å²) in [6.45, 7) is 4.17. The molecule has 2 atom stereocenters. The third-order valence-corrected chi connectivity index (χ3v) is 3.49. The van der Waals surface area contributed by atoms with E-state index in [9.17, 15) is 8.78 Å². The third kappa shape index (κ3) is 3.27. The molecule has 2 unspecified atom stereocenters. The summed E-state index contributed by atoms with van der Waals surface area (Å²) in [6.07, 6.45) is 2.38. The average Bonchev–Trinajstić information content (AvgIpc) is 2.79. The molecule has 0 aliphatic carbocycles. The van der Waals surface area contributed by atoms with E-state index in [0.29, 0.717) is 24.1 Å². The van der Waals surface area contributed by atoms with E-state index in [1.807, 2.05) is 0 Å². The van der Waals surface area contributed by atoms with Gasteiger partial charge < -0.3 is 10.1 Å². The van der Waals surface area contributed by atoms with Crippen LogP contribution in [0.2, 0.25) is 0 Å². The third-order valence-electron chi connectivity index (χ3n) is 3.49. The van der Waals surface area contributed by atoms with E-state index < -0.39 is 11.6 Å². The first-order valence-corrected chi connectivity index (χ1v) is 6.47. The van der Waals surface area contributed by atoms with Gasteiger partial charge in [-0.2, -0.15) is 0 Å². The molecule has 4 heteroatoms. The minimum atomic E-state index is -0.536. The minimum absolute atomic E-state index is 0.315. The zero-order chi connectivity index (χ0) is 13.0. The van der Waals surface area contributed by atoms with Gasteiger partial charge in [0.25, 0.3) is 0 Å². The van der Waals surface area contributed by atoms with Gasteiger partial charge in [0, 0.05) is 31.3 Å². The fraction of sp³-hybridized carbons (Fsp3) is 0.571. The zero-order valence-electron chi connectivity index (χ0n) is 10.6. The highest BCUT2D eigenvalue weighted by molar-refractivity contribution is 5.18. The fourth-order valence-electron chi connectivity index (χ4n) is 2.43. The topological polar surface area (TPSA) is 21.3 Å². The number of hydrogen-bond acceptors (Lipinski definition) is 2. The van der Waals surface area contributed by atoms with Crippen LogP contribution in [-0.2, 0) is 11.3 Å². The van der Waals surface area contributed by atoms with Crippen LogP contribution in [0.15, 0.2) is 18.2 Å². The molecular formula is C14H19F2NO. The van der Waals surface area contributed by atoms with Crippen molar-refractivity contribution in [3.05, 3.63) is 35.4 Å². The fourth-order valence-corrected chi connectivity index (χ4v) is 2.43. The van der Waals surface area contributed by atoms with Crippen LogP contribution in [-0.4, -0.2) is 19.3 Å². The lowest BCUT2D eigenvalue weighted by atomic mass is 9.99. The van der Waals surface area contributed by atoms with Gasteiger partial charge in [0.05, 0.1) is 6.10 Å². The Bertz CT molecular complexity index is 397. The summed E-state index contributed by atoms with van der Waals surface area (Å²) in [4.78, 5) is 0. The Morgan fingerprint density at radius 3 is 2.94 bits per heavy atom. The summed E-state index contributed by atoms with van der Waals surface area (Å²) >= 11 is 0. The van der Waals surface area contributed by atoms with Crippen molar-refractivity contribution in [2.45, 2.75) is 32.4 Å². The molecule has 100 valence electrons. The van der Waals surface area contributed by atoms with E-state index in [1.54, 1.807) is 0 Å². The molecule has 1 saturated heterocycles. The predicted octanol–water partition coefficient (Wildman–Crippen LogP) is 2.87. The second kappa shape index (κ2) is 6.25. The van der Waals surface area contributed by atoms with Crippen molar-refractivity contribution in [2.24, 2.45) is 5.92 Å². The van der Waals surface area contributed by atoms with Crippen molar-refractivity contribution >= 4 is 0 Å². The van der Waals surface area contributed by atoms with Crippen LogP contribution < -0.4 is 5.32 Å². The Balaban J connectivity index is 1.81. The molecule has 1 aliphatic rings. The molecular weight excluding hydrogens is 236 g/mol. The Morgan fingerprint density at radius 2 is 2.22 bits per heavy atom. The molecule has 1 aromatic rings. The van der Waals surface area contributed by atoms with Gasteiger partial charge in [0.1, 0.15) is 11.6 Å². The second-order valence-electron chi connectivity index (χ2n) is 4.73. The summed E-state index contributed by atoms with van der Waals surface area (Å²) in [5, 5.41) is 3.23. The minimum Gasteiger partial charge on any atom is -0.378 e. The Labute approximate surface area is 106 Å². The highest BCUT2D eigenvalue weighted by Gasteiger charge is 2.25. The Morgan fingerprint density at radius 1 is 1.39 bits per heavy atom. The van der Waals surface area contributed by atoms with Crippen molar-refractivity contribution in [1.82, 2.24) is 5.32 Å². The van der Waals surface area contributed by atoms with Gasteiger partial charge in [-0.15, -0.1) is 0 Å². The van der Waals surface area contributed by atoms with Crippen molar-refractivity contribution in [2.75, 3.05) is 13.2 Å². The van der Waals surface area contributed by atoms with E-state index >= 15 is 0 Å². The van der Waals surface area contributed by atoms with Gasteiger partial charge in [-0.1, -0.05) is 13.0 Å². The second-order valence-corrected chi connectivity index (χ2v) is 4.73. The van der Waals surface area contributed by atoms with Crippen molar-refractivity contribution in [3.8, 4) is 0 Å². The van der Waals surface area contributed by atoms with E-state index in [0.717, 1.165) is 32.1 Å². The predicted molar refractivity (Wildman–Crippen MR) is 66.2 cm³/mol. The first kappa shape index (κ1) is 13.4. The molecule has 18 heavy (non-hydrogen) atoms. The van der Waals surface area contributed by atoms with E-state index in [4.69, 9.17) is 4.74 Å². The standard InChI is InChI=1S/C14H19F2NO/c1-2-14-11(5-6-18-14)9-17-8-10-3-4-12(15)7-13(10)16/h3-4,7,11,14,17H,2,5-6,8-9H2,1H3. The van der Waals surface area contributed by atoms with Crippen LogP contribution in [0.4, 0.5) is 8.78 Å². The molecule has 0 saturated carbocycles. The van der Waals surface area contributed by atoms with Gasteiger partial charge >= 0.3 is 0 Å². The first-order chi connectivity index (χ1) is 8.70. The molecule has 1 N–H and O–H groups in total. The van der Waals surface area contributed by atoms with Crippen LogP contribution in [0.25, 0.3) is 0 Å². The van der Waals surface area contributed by atoms with Crippen molar-refractivity contribution in [3.63, 3.8) is 0 Å². The normalized spacial score (nSPS) is 23.5. The molecule has 0 spiro atoms. The SMILES string of the molecule is CCC1OCCC1CNCc1ccc(F)cc1F. The molecule has 0 radical (unpaired) electrons. The highest BCUT2D eigenvalue weighted by Crippen LogP contribution is 2.22. The highest BCUT2D eigenvalue weighted by atomic mass is 19.1. The molecule has 0 amide bonds. The maximum atomic E-state index is 13.4. The lowest BCUT2D eigenvalue weighted by molar-refractivity contribution is 0.0872. The number of halogens is 2. The number of nitrogens with one attached hydrogen (secondary N) is 1. The van der Waals surface area contributed by atoms with Crippen LogP contribution in [0.3, 0.4) is 0 Å². The van der Waals surface area contributed by atoms with Gasteiger partial charge in [0.15, 0.2) is 0 Å². The molecule has 1 aromatic carbocycles. The number of ether oxygens (including phenoxy) is 1. The molecule has 0 aromatic heterocycles. The maximum Gasteiger partial charge on any atom is 0.130 e. The summed E-state index contributed by atoms with van der Waals surface area (Å²) in [5.41, 5.74) is 0.503. The quantitative estimate of drug-likeness (QED) is 0.873. The van der Waals surface area contributed by atoms with E-state index in [1.165, 1.54) is 12.1 Å². The summed E-state index contributed by atoms with van der Waals surface area (Å²) in [7, 11) is 0. The Kier molecular flexibility index (Phi) is 4.66. The molecule has 2 rings (SSSR count). The van der Waals surface area contributed by atoms with E-state index in [2.05, 4.69) is 12.2 Å².